The molecule has 8 nitrogen and oxygen atoms in total. The highest BCUT2D eigenvalue weighted by atomic mass is 16.5. The van der Waals surface area contributed by atoms with Crippen LogP contribution in [0.15, 0.2) is 42.5 Å². The number of nitrogens with one attached hydrogen (secondary N) is 2. The van der Waals surface area contributed by atoms with Crippen LogP contribution in [0.25, 0.3) is 0 Å². The molecular formula is C21H25N3O5. The van der Waals surface area contributed by atoms with Crippen LogP contribution in [0.4, 0.5) is 16.2 Å². The predicted molar refractivity (Wildman–Crippen MR) is 110 cm³/mol. The van der Waals surface area contributed by atoms with Crippen LogP contribution in [-0.4, -0.2) is 46.4 Å². The Morgan fingerprint density at radius 2 is 1.83 bits per heavy atom. The number of ether oxygens (including phenoxy) is 3. The van der Waals surface area contributed by atoms with Gasteiger partial charge in [0.1, 0.15) is 5.75 Å². The zero-order chi connectivity index (χ0) is 20.8. The first-order valence-electron chi connectivity index (χ1n) is 9.26. The lowest BCUT2D eigenvalue weighted by molar-refractivity contribution is -0.117. The summed E-state index contributed by atoms with van der Waals surface area (Å²) in [5.74, 6) is 1.79. The zero-order valence-corrected chi connectivity index (χ0v) is 16.7. The van der Waals surface area contributed by atoms with Crippen molar-refractivity contribution < 1.29 is 23.8 Å². The van der Waals surface area contributed by atoms with Crippen LogP contribution in [0.3, 0.4) is 0 Å². The molecule has 3 rings (SSSR count). The number of benzene rings is 2. The second-order valence-electron chi connectivity index (χ2n) is 6.65. The monoisotopic (exact) mass is 399 g/mol. The van der Waals surface area contributed by atoms with Crippen LogP contribution in [0, 0.1) is 5.92 Å². The van der Waals surface area contributed by atoms with Crippen LogP contribution in [0.1, 0.15) is 6.42 Å². The Bertz CT molecular complexity index is 869. The molecule has 0 saturated carbocycles. The summed E-state index contributed by atoms with van der Waals surface area (Å²) in [4.78, 5) is 26.4. The topological polar surface area (TPSA) is 89.1 Å². The molecule has 0 spiro atoms. The van der Waals surface area contributed by atoms with Gasteiger partial charge in [0.15, 0.2) is 11.5 Å². The minimum absolute atomic E-state index is 0.0301. The number of carbonyl (C=O) groups is 2. The number of para-hydroxylation sites is 1. The molecule has 154 valence electrons. The molecule has 1 aliphatic rings. The molecule has 1 fully saturated rings. The van der Waals surface area contributed by atoms with E-state index < -0.39 is 0 Å². The van der Waals surface area contributed by atoms with E-state index in [1.165, 1.54) is 14.2 Å². The van der Waals surface area contributed by atoms with E-state index in [0.717, 1.165) is 11.4 Å². The summed E-state index contributed by atoms with van der Waals surface area (Å²) in [6.45, 7) is 0.935. The van der Waals surface area contributed by atoms with Gasteiger partial charge in [-0.3, -0.25) is 4.79 Å². The van der Waals surface area contributed by atoms with Crippen molar-refractivity contribution >= 4 is 23.3 Å². The fourth-order valence-corrected chi connectivity index (χ4v) is 3.32. The molecule has 0 bridgehead atoms. The largest absolute Gasteiger partial charge is 0.497 e. The Balaban J connectivity index is 1.55. The first-order valence-corrected chi connectivity index (χ1v) is 9.26. The third kappa shape index (κ3) is 4.71. The smallest absolute Gasteiger partial charge is 0.319 e. The minimum Gasteiger partial charge on any atom is -0.497 e. The maximum atomic E-state index is 12.4. The van der Waals surface area contributed by atoms with Crippen LogP contribution < -0.4 is 29.7 Å². The molecule has 29 heavy (non-hydrogen) atoms. The number of rotatable bonds is 7. The highest BCUT2D eigenvalue weighted by Gasteiger charge is 2.30. The van der Waals surface area contributed by atoms with Crippen molar-refractivity contribution in [1.29, 1.82) is 0 Å². The van der Waals surface area contributed by atoms with Gasteiger partial charge in [0.25, 0.3) is 0 Å². The first-order chi connectivity index (χ1) is 14.0. The maximum absolute atomic E-state index is 12.4. The van der Waals surface area contributed by atoms with Crippen LogP contribution >= 0.6 is 0 Å². The quantitative estimate of drug-likeness (QED) is 0.747. The Hall–Kier alpha value is -3.42. The number of carbonyl (C=O) groups excluding carboxylic acids is 2. The summed E-state index contributed by atoms with van der Waals surface area (Å²) < 4.78 is 15.7. The van der Waals surface area contributed by atoms with Crippen LogP contribution in [-0.2, 0) is 4.79 Å². The van der Waals surface area contributed by atoms with E-state index in [9.17, 15) is 9.59 Å². The summed E-state index contributed by atoms with van der Waals surface area (Å²) in [5, 5.41) is 5.59. The Morgan fingerprint density at radius 3 is 2.48 bits per heavy atom. The lowest BCUT2D eigenvalue weighted by Gasteiger charge is -2.18. The average molecular weight is 399 g/mol. The number of hydrogen-bond donors (Lipinski definition) is 2. The van der Waals surface area contributed by atoms with E-state index in [-0.39, 0.29) is 17.9 Å². The fraction of sp³-hybridized carbons (Fsp3) is 0.333. The van der Waals surface area contributed by atoms with Crippen LogP contribution in [0.5, 0.6) is 17.2 Å². The number of urea groups is 1. The molecule has 2 N–H and O–H groups in total. The average Bonchev–Trinajstić information content (AvgIpc) is 3.12. The molecule has 8 heteroatoms. The molecular weight excluding hydrogens is 374 g/mol. The Morgan fingerprint density at radius 1 is 1.07 bits per heavy atom. The molecule has 0 radical (unpaired) electrons. The predicted octanol–water partition coefficient (Wildman–Crippen LogP) is 2.89. The van der Waals surface area contributed by atoms with E-state index in [2.05, 4.69) is 10.6 Å². The Kier molecular flexibility index (Phi) is 6.43. The molecule has 1 atom stereocenters. The maximum Gasteiger partial charge on any atom is 0.319 e. The van der Waals surface area contributed by atoms with Gasteiger partial charge in [-0.15, -0.1) is 0 Å². The lowest BCUT2D eigenvalue weighted by Crippen LogP contribution is -2.34. The normalized spacial score (nSPS) is 15.8. The Labute approximate surface area is 169 Å². The summed E-state index contributed by atoms with van der Waals surface area (Å²) in [6, 6.07) is 12.2. The van der Waals surface area contributed by atoms with Crippen molar-refractivity contribution in [2.75, 3.05) is 44.6 Å². The molecule has 1 aliphatic heterocycles. The van der Waals surface area contributed by atoms with Gasteiger partial charge in [-0.2, -0.15) is 0 Å². The molecule has 3 amide bonds. The zero-order valence-electron chi connectivity index (χ0n) is 16.7. The van der Waals surface area contributed by atoms with Gasteiger partial charge < -0.3 is 29.7 Å². The van der Waals surface area contributed by atoms with Crippen molar-refractivity contribution in [2.24, 2.45) is 5.92 Å². The number of anilines is 2. The first kappa shape index (κ1) is 20.3. The van der Waals surface area contributed by atoms with E-state index >= 15 is 0 Å². The summed E-state index contributed by atoms with van der Waals surface area (Å²) in [6.07, 6.45) is 0.384. The highest BCUT2D eigenvalue weighted by molar-refractivity contribution is 5.96. The van der Waals surface area contributed by atoms with Crippen molar-refractivity contribution in [2.45, 2.75) is 6.42 Å². The second kappa shape index (κ2) is 9.18. The highest BCUT2D eigenvalue weighted by Crippen LogP contribution is 2.34. The number of nitrogens with zero attached hydrogens (tertiary/aromatic N) is 1. The van der Waals surface area contributed by atoms with Gasteiger partial charge in [-0.1, -0.05) is 6.07 Å². The summed E-state index contributed by atoms with van der Waals surface area (Å²) in [5.41, 5.74) is 1.33. The summed E-state index contributed by atoms with van der Waals surface area (Å²) in [7, 11) is 4.65. The van der Waals surface area contributed by atoms with Crippen LogP contribution in [0.2, 0.25) is 0 Å². The molecule has 2 aromatic rings. The van der Waals surface area contributed by atoms with Gasteiger partial charge in [0, 0.05) is 31.1 Å². The molecule has 1 saturated heterocycles. The van der Waals surface area contributed by atoms with Gasteiger partial charge in [-0.05, 0) is 36.4 Å². The second-order valence-corrected chi connectivity index (χ2v) is 6.65. The number of amides is 3. The molecule has 0 aliphatic carbocycles. The minimum atomic E-state index is -0.369. The third-order valence-corrected chi connectivity index (χ3v) is 4.79. The molecule has 2 aromatic carbocycles. The molecule has 0 aromatic heterocycles. The van der Waals surface area contributed by atoms with E-state index in [1.54, 1.807) is 30.2 Å². The fourth-order valence-electron chi connectivity index (χ4n) is 3.32. The van der Waals surface area contributed by atoms with Crippen molar-refractivity contribution in [3.05, 3.63) is 42.5 Å². The van der Waals surface area contributed by atoms with Crippen molar-refractivity contribution in [3.8, 4) is 17.2 Å². The summed E-state index contributed by atoms with van der Waals surface area (Å²) >= 11 is 0. The van der Waals surface area contributed by atoms with E-state index in [1.807, 2.05) is 24.3 Å². The number of hydrogen-bond acceptors (Lipinski definition) is 5. The van der Waals surface area contributed by atoms with Gasteiger partial charge in [-0.25, -0.2) is 4.79 Å². The van der Waals surface area contributed by atoms with E-state index in [4.69, 9.17) is 14.2 Å². The van der Waals surface area contributed by atoms with Crippen molar-refractivity contribution in [3.63, 3.8) is 0 Å². The standard InChI is InChI=1S/C21H25N3O5/c1-27-16-9-7-15(8-10-16)24-13-14(11-19(24)25)12-22-21(26)23-17-5-4-6-18(28-2)20(17)29-3/h4-10,14H,11-13H2,1-3H3,(H2,22,23,26). The third-order valence-electron chi connectivity index (χ3n) is 4.79. The lowest BCUT2D eigenvalue weighted by atomic mass is 10.1. The van der Waals surface area contributed by atoms with Gasteiger partial charge in [0.05, 0.1) is 27.0 Å². The van der Waals surface area contributed by atoms with Gasteiger partial charge in [0.2, 0.25) is 5.91 Å². The number of methoxy groups -OCH3 is 3. The SMILES string of the molecule is COc1ccc(N2CC(CNC(=O)Nc3cccc(OC)c3OC)CC2=O)cc1. The van der Waals surface area contributed by atoms with Gasteiger partial charge >= 0.3 is 6.03 Å². The van der Waals surface area contributed by atoms with E-state index in [0.29, 0.717) is 36.7 Å². The molecule has 1 heterocycles. The molecule has 1 unspecified atom stereocenters. The van der Waals surface area contributed by atoms with Crippen molar-refractivity contribution in [1.82, 2.24) is 5.32 Å².